The minimum absolute atomic E-state index is 0.484. The molecule has 0 saturated heterocycles. The first-order valence-corrected chi connectivity index (χ1v) is 6.86. The highest BCUT2D eigenvalue weighted by Gasteiger charge is 2.33. The van der Waals surface area contributed by atoms with Crippen LogP contribution in [0.4, 0.5) is 0 Å². The minimum Gasteiger partial charge on any atom is -0.389 e. The Labute approximate surface area is 113 Å². The summed E-state index contributed by atoms with van der Waals surface area (Å²) >= 11 is 3.35. The van der Waals surface area contributed by atoms with E-state index in [0.717, 1.165) is 35.2 Å². The Balaban J connectivity index is 1.69. The Morgan fingerprint density at radius 2 is 2.22 bits per heavy atom. The van der Waals surface area contributed by atoms with Gasteiger partial charge in [0.15, 0.2) is 5.65 Å². The molecule has 0 aliphatic heterocycles. The van der Waals surface area contributed by atoms with Crippen LogP contribution in [0.25, 0.3) is 5.65 Å². The molecular weight excluding hydrogens is 296 g/mol. The third-order valence-corrected chi connectivity index (χ3v) is 3.90. The van der Waals surface area contributed by atoms with E-state index in [-0.39, 0.29) is 0 Å². The number of aliphatic hydroxyl groups is 1. The zero-order valence-electron chi connectivity index (χ0n) is 9.93. The van der Waals surface area contributed by atoms with Crippen LogP contribution in [0.1, 0.15) is 25.0 Å². The molecule has 1 fully saturated rings. The summed E-state index contributed by atoms with van der Waals surface area (Å²) in [6.45, 7) is 1.34. The molecule has 6 heteroatoms. The molecule has 0 atom stereocenters. The maximum atomic E-state index is 9.99. The van der Waals surface area contributed by atoms with Gasteiger partial charge in [0.25, 0.3) is 0 Å². The topological polar surface area (TPSA) is 62.5 Å². The number of nitrogens with one attached hydrogen (secondary N) is 1. The van der Waals surface area contributed by atoms with Gasteiger partial charge in [0, 0.05) is 19.3 Å². The van der Waals surface area contributed by atoms with E-state index < -0.39 is 5.60 Å². The number of halogens is 1. The van der Waals surface area contributed by atoms with Crippen molar-refractivity contribution in [2.24, 2.45) is 0 Å². The second kappa shape index (κ2) is 4.60. The van der Waals surface area contributed by atoms with Crippen LogP contribution < -0.4 is 5.32 Å². The van der Waals surface area contributed by atoms with Gasteiger partial charge in [-0.15, -0.1) is 0 Å². The van der Waals surface area contributed by atoms with Gasteiger partial charge in [-0.25, -0.2) is 9.97 Å². The molecule has 2 heterocycles. The van der Waals surface area contributed by atoms with Crippen molar-refractivity contribution in [3.8, 4) is 0 Å². The van der Waals surface area contributed by atoms with Gasteiger partial charge in [-0.1, -0.05) is 0 Å². The van der Waals surface area contributed by atoms with Crippen molar-refractivity contribution in [2.45, 2.75) is 31.4 Å². The summed E-state index contributed by atoms with van der Waals surface area (Å²) in [4.78, 5) is 8.42. The molecule has 1 aliphatic carbocycles. The monoisotopic (exact) mass is 310 g/mol. The molecule has 0 spiro atoms. The van der Waals surface area contributed by atoms with Gasteiger partial charge in [0.1, 0.15) is 4.60 Å². The lowest BCUT2D eigenvalue weighted by Gasteiger charge is -2.36. The van der Waals surface area contributed by atoms with Crippen molar-refractivity contribution < 1.29 is 5.11 Å². The predicted octanol–water partition coefficient (Wildman–Crippen LogP) is 1.50. The second-order valence-corrected chi connectivity index (χ2v) is 5.68. The highest BCUT2D eigenvalue weighted by Crippen LogP contribution is 2.30. The molecule has 1 saturated carbocycles. The molecular formula is C12H15BrN4O. The summed E-state index contributed by atoms with van der Waals surface area (Å²) in [7, 11) is 0. The van der Waals surface area contributed by atoms with Crippen molar-refractivity contribution in [1.29, 1.82) is 0 Å². The van der Waals surface area contributed by atoms with E-state index in [1.165, 1.54) is 0 Å². The number of aromatic nitrogens is 3. The lowest BCUT2D eigenvalue weighted by atomic mass is 9.80. The van der Waals surface area contributed by atoms with Gasteiger partial charge in [0.05, 0.1) is 23.7 Å². The summed E-state index contributed by atoms with van der Waals surface area (Å²) in [5.74, 6) is 0. The molecule has 1 aliphatic rings. The Bertz CT molecular complexity index is 564. The fraction of sp³-hybridized carbons (Fsp3) is 0.500. The number of hydrogen-bond acceptors (Lipinski definition) is 4. The predicted molar refractivity (Wildman–Crippen MR) is 71.2 cm³/mol. The average Bonchev–Trinajstić information content (AvgIpc) is 2.70. The van der Waals surface area contributed by atoms with Gasteiger partial charge >= 0.3 is 0 Å². The number of hydrogen-bond donors (Lipinski definition) is 2. The van der Waals surface area contributed by atoms with Crippen LogP contribution in [0.3, 0.4) is 0 Å². The summed E-state index contributed by atoms with van der Waals surface area (Å²) in [5.41, 5.74) is 1.41. The molecule has 3 rings (SSSR count). The molecule has 0 amide bonds. The van der Waals surface area contributed by atoms with E-state index in [1.54, 1.807) is 6.20 Å². The number of nitrogens with zero attached hydrogens (tertiary/aromatic N) is 3. The third kappa shape index (κ3) is 2.28. The summed E-state index contributed by atoms with van der Waals surface area (Å²) in [6.07, 6.45) is 8.41. The number of fused-ring (bicyclic) bond motifs is 1. The molecule has 5 nitrogen and oxygen atoms in total. The Hall–Kier alpha value is -0.980. The Morgan fingerprint density at radius 3 is 2.94 bits per heavy atom. The van der Waals surface area contributed by atoms with E-state index in [0.29, 0.717) is 13.1 Å². The smallest absolute Gasteiger partial charge is 0.155 e. The summed E-state index contributed by atoms with van der Waals surface area (Å²) in [6, 6.07) is 0. The second-order valence-electron chi connectivity index (χ2n) is 4.87. The maximum absolute atomic E-state index is 9.99. The normalized spacial score (nSPS) is 17.9. The van der Waals surface area contributed by atoms with Gasteiger partial charge < -0.3 is 10.4 Å². The number of imidazole rings is 1. The third-order valence-electron chi connectivity index (χ3n) is 3.49. The van der Waals surface area contributed by atoms with Gasteiger partial charge in [-0.3, -0.25) is 4.40 Å². The zero-order valence-corrected chi connectivity index (χ0v) is 11.5. The van der Waals surface area contributed by atoms with Crippen LogP contribution in [0.15, 0.2) is 23.2 Å². The molecule has 0 bridgehead atoms. The van der Waals surface area contributed by atoms with Crippen LogP contribution >= 0.6 is 15.9 Å². The van der Waals surface area contributed by atoms with Gasteiger partial charge in [-0.2, -0.15) is 0 Å². The van der Waals surface area contributed by atoms with E-state index in [4.69, 9.17) is 0 Å². The average molecular weight is 311 g/mol. The van der Waals surface area contributed by atoms with Crippen molar-refractivity contribution in [3.63, 3.8) is 0 Å². The minimum atomic E-state index is -0.484. The Kier molecular flexibility index (Phi) is 3.09. The first kappa shape index (κ1) is 12.1. The SMILES string of the molecule is OC1(CNCc2cnc3cnc(Br)cn23)CCC1. The standard InChI is InChI=1S/C12H15BrN4O/c13-10-7-17-9(5-16-11(17)6-15-10)4-14-8-12(18)2-1-3-12/h5-7,14,18H,1-4,8H2. The zero-order chi connectivity index (χ0) is 12.6. The maximum Gasteiger partial charge on any atom is 0.155 e. The van der Waals surface area contributed by atoms with Crippen molar-refractivity contribution in [3.05, 3.63) is 28.9 Å². The fourth-order valence-corrected chi connectivity index (χ4v) is 2.54. The van der Waals surface area contributed by atoms with E-state index in [1.807, 2.05) is 16.8 Å². The number of rotatable bonds is 4. The van der Waals surface area contributed by atoms with E-state index in [9.17, 15) is 5.11 Å². The van der Waals surface area contributed by atoms with Crippen molar-refractivity contribution >= 4 is 21.6 Å². The quantitative estimate of drug-likeness (QED) is 0.898. The molecule has 0 unspecified atom stereocenters. The molecule has 2 N–H and O–H groups in total. The highest BCUT2D eigenvalue weighted by atomic mass is 79.9. The van der Waals surface area contributed by atoms with Crippen LogP contribution in [0.2, 0.25) is 0 Å². The summed E-state index contributed by atoms with van der Waals surface area (Å²) in [5, 5.41) is 13.3. The van der Waals surface area contributed by atoms with Crippen LogP contribution in [-0.2, 0) is 6.54 Å². The van der Waals surface area contributed by atoms with Crippen LogP contribution in [0.5, 0.6) is 0 Å². The van der Waals surface area contributed by atoms with Crippen LogP contribution in [0, 0.1) is 0 Å². The highest BCUT2D eigenvalue weighted by molar-refractivity contribution is 9.10. The van der Waals surface area contributed by atoms with Crippen molar-refractivity contribution in [2.75, 3.05) is 6.54 Å². The van der Waals surface area contributed by atoms with Crippen molar-refractivity contribution in [1.82, 2.24) is 19.7 Å². The van der Waals surface area contributed by atoms with E-state index >= 15 is 0 Å². The largest absolute Gasteiger partial charge is 0.389 e. The summed E-state index contributed by atoms with van der Waals surface area (Å²) < 4.78 is 2.78. The van der Waals surface area contributed by atoms with Gasteiger partial charge in [-0.05, 0) is 35.2 Å². The molecule has 0 radical (unpaired) electrons. The molecule has 0 aromatic carbocycles. The Morgan fingerprint density at radius 1 is 1.39 bits per heavy atom. The lowest BCUT2D eigenvalue weighted by molar-refractivity contribution is -0.0315. The molecule has 2 aromatic heterocycles. The first-order valence-electron chi connectivity index (χ1n) is 6.07. The molecule has 96 valence electrons. The molecule has 18 heavy (non-hydrogen) atoms. The molecule has 2 aromatic rings. The van der Waals surface area contributed by atoms with Crippen LogP contribution in [-0.4, -0.2) is 31.6 Å². The van der Waals surface area contributed by atoms with E-state index in [2.05, 4.69) is 31.2 Å². The fourth-order valence-electron chi connectivity index (χ4n) is 2.23. The lowest BCUT2D eigenvalue weighted by Crippen LogP contribution is -2.46. The van der Waals surface area contributed by atoms with Gasteiger partial charge in [0.2, 0.25) is 0 Å². The first-order chi connectivity index (χ1) is 8.66.